The van der Waals surface area contributed by atoms with Gasteiger partial charge in [0, 0.05) is 17.8 Å². The van der Waals surface area contributed by atoms with Crippen LogP contribution in [0, 0.1) is 0 Å². The molecule has 6 nitrogen and oxygen atoms in total. The highest BCUT2D eigenvalue weighted by Gasteiger charge is 2.08. The first kappa shape index (κ1) is 21.3. The van der Waals surface area contributed by atoms with Crippen LogP contribution in [0.15, 0.2) is 48.5 Å². The Morgan fingerprint density at radius 1 is 0.893 bits per heavy atom. The summed E-state index contributed by atoms with van der Waals surface area (Å²) in [5.41, 5.74) is 2.12. The van der Waals surface area contributed by atoms with Crippen molar-refractivity contribution in [2.45, 2.75) is 39.5 Å². The second-order valence-corrected chi connectivity index (χ2v) is 6.42. The molecule has 2 aromatic carbocycles. The zero-order valence-electron chi connectivity index (χ0n) is 16.6. The Labute approximate surface area is 166 Å². The third kappa shape index (κ3) is 7.31. The fourth-order valence-corrected chi connectivity index (χ4v) is 2.69. The average Bonchev–Trinajstić information content (AvgIpc) is 2.69. The van der Waals surface area contributed by atoms with Crippen LogP contribution in [0.4, 0.5) is 17.1 Å². The number of ether oxygens (including phenoxy) is 1. The second-order valence-electron chi connectivity index (χ2n) is 6.42. The van der Waals surface area contributed by atoms with Crippen LogP contribution in [0.5, 0.6) is 5.75 Å². The number of hydrogen-bond acceptors (Lipinski definition) is 4. The van der Waals surface area contributed by atoms with Crippen LogP contribution in [-0.2, 0) is 9.59 Å². The van der Waals surface area contributed by atoms with E-state index in [2.05, 4.69) is 22.9 Å². The van der Waals surface area contributed by atoms with E-state index in [9.17, 15) is 9.59 Å². The number of anilines is 3. The molecule has 28 heavy (non-hydrogen) atoms. The van der Waals surface area contributed by atoms with E-state index in [0.29, 0.717) is 30.2 Å². The Morgan fingerprint density at radius 2 is 1.68 bits per heavy atom. The number of amides is 2. The number of unbranched alkanes of at least 4 members (excludes halogenated alkanes) is 2. The maximum Gasteiger partial charge on any atom is 0.243 e. The predicted molar refractivity (Wildman–Crippen MR) is 114 cm³/mol. The molecule has 6 heteroatoms. The van der Waals surface area contributed by atoms with E-state index >= 15 is 0 Å². The van der Waals surface area contributed by atoms with Crippen LogP contribution in [0.1, 0.15) is 39.5 Å². The van der Waals surface area contributed by atoms with Gasteiger partial charge in [-0.2, -0.15) is 0 Å². The third-order valence-corrected chi connectivity index (χ3v) is 4.07. The minimum Gasteiger partial charge on any atom is -0.492 e. The van der Waals surface area contributed by atoms with Crippen molar-refractivity contribution in [2.24, 2.45) is 0 Å². The smallest absolute Gasteiger partial charge is 0.243 e. The van der Waals surface area contributed by atoms with Crippen molar-refractivity contribution >= 4 is 28.9 Å². The molecule has 0 aliphatic heterocycles. The molecule has 0 spiro atoms. The number of nitrogens with one attached hydrogen (secondary N) is 3. The Bertz CT molecular complexity index is 777. The summed E-state index contributed by atoms with van der Waals surface area (Å²) in [5, 5.41) is 8.82. The van der Waals surface area contributed by atoms with Crippen molar-refractivity contribution in [1.29, 1.82) is 0 Å². The number of carbonyl (C=O) groups is 2. The number of hydrogen-bond donors (Lipinski definition) is 3. The summed E-state index contributed by atoms with van der Waals surface area (Å²) < 4.78 is 5.51. The summed E-state index contributed by atoms with van der Waals surface area (Å²) in [5.74, 6) is 0.475. The molecular weight excluding hydrogens is 354 g/mol. The lowest BCUT2D eigenvalue weighted by molar-refractivity contribution is -0.116. The van der Waals surface area contributed by atoms with Crippen molar-refractivity contribution in [3.63, 3.8) is 0 Å². The van der Waals surface area contributed by atoms with Gasteiger partial charge in [-0.1, -0.05) is 38.0 Å². The van der Waals surface area contributed by atoms with E-state index < -0.39 is 0 Å². The molecule has 0 aromatic heterocycles. The lowest BCUT2D eigenvalue weighted by Crippen LogP contribution is -2.22. The van der Waals surface area contributed by atoms with Gasteiger partial charge in [0.1, 0.15) is 5.75 Å². The Morgan fingerprint density at radius 3 is 2.46 bits per heavy atom. The van der Waals surface area contributed by atoms with Crippen molar-refractivity contribution in [2.75, 3.05) is 29.1 Å². The second kappa shape index (κ2) is 11.6. The molecule has 2 rings (SSSR count). The monoisotopic (exact) mass is 383 g/mol. The molecule has 0 aliphatic carbocycles. The zero-order chi connectivity index (χ0) is 20.2. The van der Waals surface area contributed by atoms with Gasteiger partial charge in [-0.25, -0.2) is 0 Å². The van der Waals surface area contributed by atoms with Crippen LogP contribution >= 0.6 is 0 Å². The SMILES string of the molecule is CCCCCC(=O)Nc1cccc(NCC(=O)Nc2ccccc2OCC)c1. The lowest BCUT2D eigenvalue weighted by atomic mass is 10.2. The summed E-state index contributed by atoms with van der Waals surface area (Å²) >= 11 is 0. The molecule has 0 aliphatic rings. The van der Waals surface area contributed by atoms with E-state index in [4.69, 9.17) is 4.74 Å². The van der Waals surface area contributed by atoms with Gasteiger partial charge < -0.3 is 20.7 Å². The fourth-order valence-electron chi connectivity index (χ4n) is 2.69. The minimum absolute atomic E-state index is 0.0101. The Hall–Kier alpha value is -3.02. The number of benzene rings is 2. The van der Waals surface area contributed by atoms with Gasteiger partial charge in [-0.15, -0.1) is 0 Å². The number of rotatable bonds is 11. The summed E-state index contributed by atoms with van der Waals surface area (Å²) in [6.07, 6.45) is 3.55. The molecule has 2 amide bonds. The van der Waals surface area contributed by atoms with Gasteiger partial charge in [0.05, 0.1) is 18.8 Å². The molecule has 2 aromatic rings. The molecule has 0 atom stereocenters. The lowest BCUT2D eigenvalue weighted by Gasteiger charge is -2.12. The van der Waals surface area contributed by atoms with Crippen LogP contribution in [0.2, 0.25) is 0 Å². The van der Waals surface area contributed by atoms with E-state index in [1.807, 2.05) is 49.4 Å². The van der Waals surface area contributed by atoms with Crippen LogP contribution in [-0.4, -0.2) is 25.0 Å². The predicted octanol–water partition coefficient (Wildman–Crippen LogP) is 4.65. The normalized spacial score (nSPS) is 10.2. The minimum atomic E-state index is -0.179. The molecule has 0 saturated carbocycles. The summed E-state index contributed by atoms with van der Waals surface area (Å²) in [6.45, 7) is 4.64. The first-order valence-corrected chi connectivity index (χ1v) is 9.77. The highest BCUT2D eigenvalue weighted by Crippen LogP contribution is 2.23. The first-order chi connectivity index (χ1) is 13.6. The molecule has 0 saturated heterocycles. The molecule has 0 fully saturated rings. The quantitative estimate of drug-likeness (QED) is 0.493. The number of carbonyl (C=O) groups excluding carboxylic acids is 2. The van der Waals surface area contributed by atoms with E-state index in [0.717, 1.165) is 24.9 Å². The molecule has 150 valence electrons. The average molecular weight is 383 g/mol. The highest BCUT2D eigenvalue weighted by molar-refractivity contribution is 5.95. The van der Waals surface area contributed by atoms with Crippen molar-refractivity contribution < 1.29 is 14.3 Å². The van der Waals surface area contributed by atoms with Gasteiger partial charge in [0.2, 0.25) is 11.8 Å². The largest absolute Gasteiger partial charge is 0.492 e. The highest BCUT2D eigenvalue weighted by atomic mass is 16.5. The van der Waals surface area contributed by atoms with Gasteiger partial charge in [0.25, 0.3) is 0 Å². The van der Waals surface area contributed by atoms with Crippen molar-refractivity contribution in [3.8, 4) is 5.75 Å². The zero-order valence-corrected chi connectivity index (χ0v) is 16.6. The van der Waals surface area contributed by atoms with E-state index in [-0.39, 0.29) is 18.4 Å². The fraction of sp³-hybridized carbons (Fsp3) is 0.364. The standard InChI is InChI=1S/C22H29N3O3/c1-3-5-6-14-21(26)24-18-11-9-10-17(15-18)23-16-22(27)25-19-12-7-8-13-20(19)28-4-2/h7-13,15,23H,3-6,14,16H2,1-2H3,(H,24,26)(H,25,27). The van der Waals surface area contributed by atoms with Crippen molar-refractivity contribution in [3.05, 3.63) is 48.5 Å². The van der Waals surface area contributed by atoms with E-state index in [1.54, 1.807) is 6.07 Å². The molecular formula is C22H29N3O3. The Kier molecular flexibility index (Phi) is 8.85. The van der Waals surface area contributed by atoms with Crippen LogP contribution < -0.4 is 20.7 Å². The Balaban J connectivity index is 1.85. The topological polar surface area (TPSA) is 79.5 Å². The van der Waals surface area contributed by atoms with E-state index in [1.165, 1.54) is 0 Å². The molecule has 0 radical (unpaired) electrons. The molecule has 0 bridgehead atoms. The maximum atomic E-state index is 12.3. The van der Waals surface area contributed by atoms with Gasteiger partial charge in [-0.3, -0.25) is 9.59 Å². The molecule has 3 N–H and O–H groups in total. The summed E-state index contributed by atoms with van der Waals surface area (Å²) in [7, 11) is 0. The van der Waals surface area contributed by atoms with Gasteiger partial charge in [0.15, 0.2) is 0 Å². The maximum absolute atomic E-state index is 12.3. The third-order valence-electron chi connectivity index (χ3n) is 4.07. The summed E-state index contributed by atoms with van der Waals surface area (Å²) in [4.78, 5) is 24.2. The number of para-hydroxylation sites is 2. The van der Waals surface area contributed by atoms with Gasteiger partial charge in [-0.05, 0) is 43.7 Å². The van der Waals surface area contributed by atoms with Crippen LogP contribution in [0.25, 0.3) is 0 Å². The molecule has 0 unspecified atom stereocenters. The first-order valence-electron chi connectivity index (χ1n) is 9.77. The summed E-state index contributed by atoms with van der Waals surface area (Å²) in [6, 6.07) is 14.7. The van der Waals surface area contributed by atoms with Gasteiger partial charge >= 0.3 is 0 Å². The van der Waals surface area contributed by atoms with Crippen molar-refractivity contribution in [1.82, 2.24) is 0 Å². The van der Waals surface area contributed by atoms with Crippen LogP contribution in [0.3, 0.4) is 0 Å². The molecule has 0 heterocycles.